The number of anilines is 1. The summed E-state index contributed by atoms with van der Waals surface area (Å²) in [6.07, 6.45) is 6.30. The molecule has 3 aliphatic rings. The van der Waals surface area contributed by atoms with Crippen LogP contribution in [0.25, 0.3) is 27.9 Å². The van der Waals surface area contributed by atoms with Gasteiger partial charge in [0, 0.05) is 35.8 Å². The highest BCUT2D eigenvalue weighted by molar-refractivity contribution is 5.90. The van der Waals surface area contributed by atoms with Crippen LogP contribution >= 0.6 is 0 Å². The van der Waals surface area contributed by atoms with Crippen molar-refractivity contribution in [1.82, 2.24) is 29.5 Å². The Bertz CT molecular complexity index is 1450. The van der Waals surface area contributed by atoms with Crippen molar-refractivity contribution in [3.05, 3.63) is 41.3 Å². The van der Waals surface area contributed by atoms with Crippen LogP contribution in [0.5, 0.6) is 0 Å². The van der Waals surface area contributed by atoms with Gasteiger partial charge in [-0.3, -0.25) is 4.90 Å². The minimum Gasteiger partial charge on any atom is -0.378 e. The molecule has 0 aromatic carbocycles. The number of rotatable bonds is 4. The van der Waals surface area contributed by atoms with Gasteiger partial charge in [-0.05, 0) is 69.0 Å². The molecule has 8 nitrogen and oxygen atoms in total. The van der Waals surface area contributed by atoms with Crippen LogP contribution in [-0.4, -0.2) is 74.9 Å². The number of hydrogen-bond donors (Lipinski definition) is 1. The maximum atomic E-state index is 5.41. The van der Waals surface area contributed by atoms with Crippen LogP contribution in [0.3, 0.4) is 0 Å². The zero-order valence-corrected chi connectivity index (χ0v) is 21.7. The lowest BCUT2D eigenvalue weighted by Crippen LogP contribution is -2.63. The van der Waals surface area contributed by atoms with E-state index in [-0.39, 0.29) is 0 Å². The van der Waals surface area contributed by atoms with E-state index in [1.807, 2.05) is 4.52 Å². The van der Waals surface area contributed by atoms with Crippen LogP contribution in [0, 0.1) is 19.3 Å². The predicted molar refractivity (Wildman–Crippen MR) is 142 cm³/mol. The predicted octanol–water partition coefficient (Wildman–Crippen LogP) is 4.31. The molecule has 4 aromatic rings. The molecule has 1 spiro atoms. The van der Waals surface area contributed by atoms with E-state index in [4.69, 9.17) is 9.72 Å². The number of fused-ring (bicyclic) bond motifs is 2. The molecule has 0 bridgehead atoms. The molecule has 36 heavy (non-hydrogen) atoms. The zero-order valence-electron chi connectivity index (χ0n) is 21.7. The number of nitrogens with one attached hydrogen (secondary N) is 1. The average Bonchev–Trinajstić information content (AvgIpc) is 3.43. The Balaban J connectivity index is 1.19. The highest BCUT2D eigenvalue weighted by atomic mass is 16.5. The number of H-pyrrole nitrogens is 1. The van der Waals surface area contributed by atoms with Crippen molar-refractivity contribution in [3.8, 4) is 11.3 Å². The monoisotopic (exact) mass is 485 g/mol. The van der Waals surface area contributed by atoms with Crippen molar-refractivity contribution < 1.29 is 4.74 Å². The van der Waals surface area contributed by atoms with E-state index < -0.39 is 0 Å². The number of likely N-dealkylation sites (tertiary alicyclic amines) is 1. The third kappa shape index (κ3) is 3.30. The summed E-state index contributed by atoms with van der Waals surface area (Å²) >= 11 is 0. The van der Waals surface area contributed by atoms with Gasteiger partial charge in [-0.2, -0.15) is 5.10 Å². The highest BCUT2D eigenvalue weighted by Gasteiger charge is 2.46. The first kappa shape index (κ1) is 22.2. The van der Waals surface area contributed by atoms with Crippen LogP contribution in [-0.2, 0) is 4.74 Å². The van der Waals surface area contributed by atoms with Crippen molar-refractivity contribution in [1.29, 1.82) is 0 Å². The van der Waals surface area contributed by atoms with Gasteiger partial charge < -0.3 is 14.6 Å². The first-order chi connectivity index (χ1) is 17.4. The van der Waals surface area contributed by atoms with E-state index in [1.54, 1.807) is 6.33 Å². The molecule has 7 heterocycles. The summed E-state index contributed by atoms with van der Waals surface area (Å²) in [6, 6.07) is 5.07. The van der Waals surface area contributed by atoms with Crippen molar-refractivity contribution in [2.45, 2.75) is 52.5 Å². The number of pyridine rings is 2. The topological polar surface area (TPSA) is 74.6 Å². The summed E-state index contributed by atoms with van der Waals surface area (Å²) in [7, 11) is 0. The summed E-state index contributed by atoms with van der Waals surface area (Å²) in [6.45, 7) is 15.3. The molecule has 8 heteroatoms. The smallest absolute Gasteiger partial charge is 0.158 e. The van der Waals surface area contributed by atoms with Gasteiger partial charge in [0.05, 0.1) is 36.0 Å². The fraction of sp³-hybridized carbons (Fsp3) is 0.536. The summed E-state index contributed by atoms with van der Waals surface area (Å²) < 4.78 is 7.29. The second kappa shape index (κ2) is 8.02. The lowest BCUT2D eigenvalue weighted by molar-refractivity contribution is -0.0839. The number of aromatic nitrogens is 5. The number of aryl methyl sites for hydroxylation is 1. The van der Waals surface area contributed by atoms with E-state index >= 15 is 0 Å². The fourth-order valence-electron chi connectivity index (χ4n) is 6.52. The second-order valence-corrected chi connectivity index (χ2v) is 11.5. The average molecular weight is 486 g/mol. The normalized spacial score (nSPS) is 20.5. The molecule has 4 aromatic heterocycles. The SMILES string of the molecule is Cc1c(-c2[nH]c3ccc(N4CC5(CCN(C6COC6)CC5)C4)nc3c2C(C)C)cn2ncnc2c1C. The van der Waals surface area contributed by atoms with Gasteiger partial charge in [-0.15, -0.1) is 0 Å². The molecule has 3 aliphatic heterocycles. The van der Waals surface area contributed by atoms with E-state index in [0.29, 0.717) is 17.4 Å². The Morgan fingerprint density at radius 2 is 1.86 bits per heavy atom. The first-order valence-electron chi connectivity index (χ1n) is 13.3. The highest BCUT2D eigenvalue weighted by Crippen LogP contribution is 2.44. The molecule has 0 radical (unpaired) electrons. The second-order valence-electron chi connectivity index (χ2n) is 11.5. The third-order valence-electron chi connectivity index (χ3n) is 9.01. The van der Waals surface area contributed by atoms with Crippen LogP contribution in [0.15, 0.2) is 24.7 Å². The van der Waals surface area contributed by atoms with E-state index in [0.717, 1.165) is 60.1 Å². The zero-order chi connectivity index (χ0) is 24.6. The number of piperidine rings is 1. The maximum Gasteiger partial charge on any atom is 0.158 e. The Hall–Kier alpha value is -2.97. The van der Waals surface area contributed by atoms with Gasteiger partial charge in [0.2, 0.25) is 0 Å². The lowest BCUT2D eigenvalue weighted by atomic mass is 9.71. The van der Waals surface area contributed by atoms with Gasteiger partial charge in [0.15, 0.2) is 5.65 Å². The van der Waals surface area contributed by atoms with Crippen molar-refractivity contribution in [2.24, 2.45) is 5.41 Å². The molecule has 7 rings (SSSR count). The number of hydrogen-bond acceptors (Lipinski definition) is 6. The van der Waals surface area contributed by atoms with E-state index in [1.165, 1.54) is 42.6 Å². The largest absolute Gasteiger partial charge is 0.378 e. The number of ether oxygens (including phenoxy) is 1. The Morgan fingerprint density at radius 3 is 2.56 bits per heavy atom. The van der Waals surface area contributed by atoms with Gasteiger partial charge >= 0.3 is 0 Å². The molecule has 3 saturated heterocycles. The Morgan fingerprint density at radius 1 is 1.08 bits per heavy atom. The molecule has 3 fully saturated rings. The van der Waals surface area contributed by atoms with Crippen LogP contribution in [0.1, 0.15) is 49.3 Å². The van der Waals surface area contributed by atoms with Crippen LogP contribution in [0.4, 0.5) is 5.82 Å². The summed E-state index contributed by atoms with van der Waals surface area (Å²) in [5.41, 5.74) is 9.55. The van der Waals surface area contributed by atoms with Gasteiger partial charge in [-0.1, -0.05) is 13.8 Å². The lowest BCUT2D eigenvalue weighted by Gasteiger charge is -2.55. The quantitative estimate of drug-likeness (QED) is 0.464. The summed E-state index contributed by atoms with van der Waals surface area (Å²) in [5, 5.41) is 4.42. The molecular weight excluding hydrogens is 450 g/mol. The Labute approximate surface area is 211 Å². The van der Waals surface area contributed by atoms with Gasteiger partial charge in [-0.25, -0.2) is 14.5 Å². The van der Waals surface area contributed by atoms with Crippen molar-refractivity contribution >= 4 is 22.5 Å². The Kier molecular flexibility index (Phi) is 4.95. The molecule has 0 saturated carbocycles. The van der Waals surface area contributed by atoms with Crippen molar-refractivity contribution in [3.63, 3.8) is 0 Å². The van der Waals surface area contributed by atoms with Crippen LogP contribution < -0.4 is 4.90 Å². The standard InChI is InChI=1S/C28H35N7O/c1-17(2)24-25(21-11-35-27(29-16-30-35)19(4)18(21)3)31-22-5-6-23(32-26(22)24)34-14-28(15-34)7-9-33(10-8-28)20-12-36-13-20/h5-6,11,16-17,20,31H,7-10,12-15H2,1-4H3. The fourth-order valence-corrected chi connectivity index (χ4v) is 6.52. The molecule has 0 aliphatic carbocycles. The molecule has 0 atom stereocenters. The molecule has 0 amide bonds. The van der Waals surface area contributed by atoms with Gasteiger partial charge in [0.25, 0.3) is 0 Å². The van der Waals surface area contributed by atoms with E-state index in [9.17, 15) is 0 Å². The minimum atomic E-state index is 0.338. The number of nitrogens with zero attached hydrogens (tertiary/aromatic N) is 6. The molecular formula is C28H35N7O. The van der Waals surface area contributed by atoms with Gasteiger partial charge in [0.1, 0.15) is 12.1 Å². The summed E-state index contributed by atoms with van der Waals surface area (Å²) in [5.74, 6) is 1.44. The first-order valence-corrected chi connectivity index (χ1v) is 13.3. The summed E-state index contributed by atoms with van der Waals surface area (Å²) in [4.78, 5) is 18.5. The molecule has 188 valence electrons. The maximum absolute atomic E-state index is 5.41. The molecule has 0 unspecified atom stereocenters. The number of aromatic amines is 1. The molecule has 1 N–H and O–H groups in total. The van der Waals surface area contributed by atoms with E-state index in [2.05, 4.69) is 70.9 Å². The third-order valence-corrected chi connectivity index (χ3v) is 9.01. The van der Waals surface area contributed by atoms with Crippen LogP contribution in [0.2, 0.25) is 0 Å². The van der Waals surface area contributed by atoms with Crippen molar-refractivity contribution in [2.75, 3.05) is 44.3 Å². The minimum absolute atomic E-state index is 0.338.